The Morgan fingerprint density at radius 3 is 2.68 bits per heavy atom. The zero-order valence-corrected chi connectivity index (χ0v) is 20.7. The van der Waals surface area contributed by atoms with Gasteiger partial charge in [-0.05, 0) is 24.3 Å². The lowest BCUT2D eigenvalue weighted by Gasteiger charge is -2.30. The molecule has 5 rings (SSSR count). The lowest BCUT2D eigenvalue weighted by atomic mass is 10.0. The Hall–Kier alpha value is -4.38. The molecule has 4 aromatic rings. The Balaban J connectivity index is 1.55. The Labute approximate surface area is 216 Å². The van der Waals surface area contributed by atoms with Crippen molar-refractivity contribution in [2.24, 2.45) is 0 Å². The average Bonchev–Trinajstić information content (AvgIpc) is 2.93. The molecule has 0 spiro atoms. The van der Waals surface area contributed by atoms with Gasteiger partial charge >= 0.3 is 5.63 Å². The first-order chi connectivity index (χ1) is 18.4. The highest BCUT2D eigenvalue weighted by atomic mass is 19.1. The summed E-state index contributed by atoms with van der Waals surface area (Å²) in [6.45, 7) is 3.71. The number of carbonyl (C=O) groups is 1. The fourth-order valence-corrected chi connectivity index (χ4v) is 4.41. The minimum absolute atomic E-state index is 0.0300. The summed E-state index contributed by atoms with van der Waals surface area (Å²) >= 11 is 0. The minimum Gasteiger partial charge on any atom is -0.496 e. The van der Waals surface area contributed by atoms with Crippen molar-refractivity contribution in [1.29, 1.82) is 0 Å². The third kappa shape index (κ3) is 4.80. The van der Waals surface area contributed by atoms with Crippen molar-refractivity contribution in [3.63, 3.8) is 0 Å². The van der Waals surface area contributed by atoms with E-state index in [1.807, 2.05) is 4.90 Å². The smallest absolute Gasteiger partial charge is 0.349 e. The van der Waals surface area contributed by atoms with Gasteiger partial charge in [-0.25, -0.2) is 23.5 Å². The van der Waals surface area contributed by atoms with E-state index in [0.717, 1.165) is 12.3 Å². The molecule has 2 aromatic carbocycles. The van der Waals surface area contributed by atoms with Crippen LogP contribution < -0.4 is 20.6 Å². The molecule has 1 N–H and O–H groups in total. The Kier molecular flexibility index (Phi) is 7.01. The first kappa shape index (κ1) is 25.3. The fraction of sp³-hybridized carbons (Fsp3) is 0.259. The topological polar surface area (TPSA) is 107 Å². The Morgan fingerprint density at radius 1 is 1.16 bits per heavy atom. The third-order valence-corrected chi connectivity index (χ3v) is 6.23. The Bertz CT molecular complexity index is 1580. The number of Topliss-reactive ketones (excluding diaryl/α,β-unsaturated/α-hetero) is 1. The zero-order chi connectivity index (χ0) is 26.8. The second-order valence-electron chi connectivity index (χ2n) is 8.56. The van der Waals surface area contributed by atoms with Gasteiger partial charge in [0, 0.05) is 48.3 Å². The molecule has 1 aliphatic heterocycles. The molecular formula is C27H24F2N4O5. The maximum Gasteiger partial charge on any atom is 0.349 e. The van der Waals surface area contributed by atoms with E-state index in [2.05, 4.69) is 15.3 Å². The lowest BCUT2D eigenvalue weighted by molar-refractivity contribution is 0.0983. The van der Waals surface area contributed by atoms with E-state index in [9.17, 15) is 18.4 Å². The van der Waals surface area contributed by atoms with Crippen molar-refractivity contribution in [3.05, 3.63) is 70.2 Å². The summed E-state index contributed by atoms with van der Waals surface area (Å²) in [6.07, 6.45) is 1.16. The zero-order valence-electron chi connectivity index (χ0n) is 20.7. The molecule has 0 unspecified atom stereocenters. The van der Waals surface area contributed by atoms with E-state index in [1.54, 1.807) is 25.1 Å². The van der Waals surface area contributed by atoms with E-state index in [1.165, 1.54) is 19.2 Å². The summed E-state index contributed by atoms with van der Waals surface area (Å²) < 4.78 is 44.4. The predicted octanol–water partition coefficient (Wildman–Crippen LogP) is 4.71. The molecule has 9 nitrogen and oxygen atoms in total. The molecule has 0 saturated carbocycles. The number of methoxy groups -OCH3 is 1. The van der Waals surface area contributed by atoms with Gasteiger partial charge in [-0.15, -0.1) is 0 Å². The van der Waals surface area contributed by atoms with Gasteiger partial charge in [-0.2, -0.15) is 0 Å². The molecule has 196 valence electrons. The molecule has 0 atom stereocenters. The minimum atomic E-state index is -0.716. The normalized spacial score (nSPS) is 13.5. The monoisotopic (exact) mass is 522 g/mol. The van der Waals surface area contributed by atoms with E-state index in [-0.39, 0.29) is 46.3 Å². The highest BCUT2D eigenvalue weighted by Gasteiger charge is 2.26. The molecule has 0 bridgehead atoms. The number of carbonyl (C=O) groups excluding carboxylic acids is 1. The van der Waals surface area contributed by atoms with Gasteiger partial charge in [-0.1, -0.05) is 6.92 Å². The number of aromatic nitrogens is 2. The van der Waals surface area contributed by atoms with Crippen LogP contribution in [0, 0.1) is 11.6 Å². The van der Waals surface area contributed by atoms with Crippen LogP contribution in [-0.2, 0) is 4.74 Å². The molecular weight excluding hydrogens is 498 g/mol. The number of hydrogen-bond donors (Lipinski definition) is 1. The van der Waals surface area contributed by atoms with Gasteiger partial charge in [-0.3, -0.25) is 4.79 Å². The summed E-state index contributed by atoms with van der Waals surface area (Å²) in [4.78, 5) is 35.8. The van der Waals surface area contributed by atoms with Gasteiger partial charge in [0.1, 0.15) is 28.4 Å². The molecule has 0 radical (unpaired) electrons. The van der Waals surface area contributed by atoms with E-state index >= 15 is 0 Å². The van der Waals surface area contributed by atoms with Gasteiger partial charge < -0.3 is 24.1 Å². The number of ether oxygens (including phenoxy) is 2. The number of benzene rings is 2. The molecule has 2 aromatic heterocycles. The van der Waals surface area contributed by atoms with Gasteiger partial charge in [0.05, 0.1) is 32.2 Å². The lowest BCUT2D eigenvalue weighted by Crippen LogP contribution is -2.38. The highest BCUT2D eigenvalue weighted by molar-refractivity contribution is 6.08. The molecule has 11 heteroatoms. The van der Waals surface area contributed by atoms with Crippen LogP contribution in [0.4, 0.5) is 26.1 Å². The number of ketones is 1. The average molecular weight is 523 g/mol. The first-order valence-electron chi connectivity index (χ1n) is 12.0. The van der Waals surface area contributed by atoms with Gasteiger partial charge in [0.15, 0.2) is 11.6 Å². The van der Waals surface area contributed by atoms with Crippen LogP contribution in [-0.4, -0.2) is 49.2 Å². The summed E-state index contributed by atoms with van der Waals surface area (Å²) in [6, 6.07) is 8.74. The Morgan fingerprint density at radius 2 is 1.95 bits per heavy atom. The number of nitrogens with zero attached hydrogens (tertiary/aromatic N) is 3. The van der Waals surface area contributed by atoms with Crippen LogP contribution in [0.5, 0.6) is 5.75 Å². The van der Waals surface area contributed by atoms with Crippen molar-refractivity contribution < 1.29 is 27.5 Å². The molecule has 1 saturated heterocycles. The van der Waals surface area contributed by atoms with Gasteiger partial charge in [0.2, 0.25) is 5.95 Å². The van der Waals surface area contributed by atoms with Gasteiger partial charge in [0.25, 0.3) is 0 Å². The fourth-order valence-electron chi connectivity index (χ4n) is 4.41. The molecule has 38 heavy (non-hydrogen) atoms. The number of halogens is 2. The van der Waals surface area contributed by atoms with Crippen LogP contribution in [0.3, 0.4) is 0 Å². The second kappa shape index (κ2) is 10.5. The maximum atomic E-state index is 14.6. The van der Waals surface area contributed by atoms with Crippen molar-refractivity contribution in [2.75, 3.05) is 43.6 Å². The van der Waals surface area contributed by atoms with Crippen molar-refractivity contribution in [1.82, 2.24) is 9.97 Å². The quantitative estimate of drug-likeness (QED) is 0.273. The SMILES string of the molecule is CCC(=O)c1c(N2CCOCC2)c2ccc(Nc3ncc(F)c(-c4ccc(F)cc4OC)n3)cc2oc1=O. The number of hydrogen-bond acceptors (Lipinski definition) is 9. The molecule has 0 amide bonds. The number of rotatable bonds is 7. The number of morpholine rings is 1. The van der Waals surface area contributed by atoms with Crippen LogP contribution in [0.15, 0.2) is 51.8 Å². The van der Waals surface area contributed by atoms with Crippen LogP contribution in [0.25, 0.3) is 22.2 Å². The summed E-state index contributed by atoms with van der Waals surface area (Å²) in [7, 11) is 1.35. The van der Waals surface area contributed by atoms with E-state index in [0.29, 0.717) is 43.1 Å². The summed E-state index contributed by atoms with van der Waals surface area (Å²) in [5.41, 5.74) is 0.743. The van der Waals surface area contributed by atoms with Crippen molar-refractivity contribution in [3.8, 4) is 17.0 Å². The largest absolute Gasteiger partial charge is 0.496 e. The highest BCUT2D eigenvalue weighted by Crippen LogP contribution is 2.34. The van der Waals surface area contributed by atoms with E-state index < -0.39 is 17.3 Å². The number of anilines is 3. The maximum absolute atomic E-state index is 14.6. The molecule has 1 aliphatic rings. The standard InChI is InChI=1S/C27H24F2N4O5/c1-3-20(34)23-25(33-8-10-37-11-9-33)18-7-5-16(13-22(18)38-26(23)35)31-27-30-14-19(29)24(32-27)17-6-4-15(28)12-21(17)36-2/h4-7,12-14H,3,8-11H2,1-2H3,(H,30,31,32). The van der Waals surface area contributed by atoms with Crippen LogP contribution in [0.1, 0.15) is 23.7 Å². The first-order valence-corrected chi connectivity index (χ1v) is 12.0. The van der Waals surface area contributed by atoms with E-state index in [4.69, 9.17) is 13.9 Å². The van der Waals surface area contributed by atoms with Crippen LogP contribution in [0.2, 0.25) is 0 Å². The van der Waals surface area contributed by atoms with Crippen LogP contribution >= 0.6 is 0 Å². The summed E-state index contributed by atoms with van der Waals surface area (Å²) in [5, 5.41) is 3.59. The molecule has 0 aliphatic carbocycles. The number of nitrogens with one attached hydrogen (secondary N) is 1. The van der Waals surface area contributed by atoms with Crippen molar-refractivity contribution >= 4 is 34.1 Å². The molecule has 1 fully saturated rings. The number of fused-ring (bicyclic) bond motifs is 1. The second-order valence-corrected chi connectivity index (χ2v) is 8.56. The molecule has 3 heterocycles. The summed E-state index contributed by atoms with van der Waals surface area (Å²) in [5.74, 6) is -1.37. The third-order valence-electron chi connectivity index (χ3n) is 6.23. The predicted molar refractivity (Wildman–Crippen MR) is 137 cm³/mol. The van der Waals surface area contributed by atoms with Crippen molar-refractivity contribution in [2.45, 2.75) is 13.3 Å².